The number of amidine groups is 1. The van der Waals surface area contributed by atoms with E-state index in [1.165, 1.54) is 11.3 Å². The Kier molecular flexibility index (Phi) is 5.73. The van der Waals surface area contributed by atoms with E-state index >= 15 is 0 Å². The Morgan fingerprint density at radius 1 is 1.50 bits per heavy atom. The monoisotopic (exact) mass is 317 g/mol. The number of hydrogen-bond donors (Lipinski definition) is 3. The summed E-state index contributed by atoms with van der Waals surface area (Å²) in [5.74, 6) is 0.368. The normalized spacial score (nSPS) is 16.4. The fourth-order valence-corrected chi connectivity index (χ4v) is 3.71. The van der Waals surface area contributed by atoms with E-state index in [2.05, 4.69) is 23.7 Å². The summed E-state index contributed by atoms with van der Waals surface area (Å²) in [6.07, 6.45) is 0. The SMILES string of the molecule is CC(C)[C@@H](N[S@@](=O)C(C)(C)C)c1cc(/C(N)=N/O)cs1. The highest BCUT2D eigenvalue weighted by Crippen LogP contribution is 2.29. The molecule has 4 N–H and O–H groups in total. The average Bonchev–Trinajstić information content (AvgIpc) is 2.82. The summed E-state index contributed by atoms with van der Waals surface area (Å²) in [6, 6.07) is 1.84. The van der Waals surface area contributed by atoms with Gasteiger partial charge in [0.25, 0.3) is 0 Å². The fourth-order valence-electron chi connectivity index (χ4n) is 1.52. The molecule has 5 nitrogen and oxygen atoms in total. The highest BCUT2D eigenvalue weighted by Gasteiger charge is 2.26. The van der Waals surface area contributed by atoms with Crippen molar-refractivity contribution in [1.82, 2.24) is 4.72 Å². The molecule has 0 spiro atoms. The predicted octanol–water partition coefficient (Wildman–Crippen LogP) is 2.59. The molecule has 0 aliphatic heterocycles. The van der Waals surface area contributed by atoms with Crippen LogP contribution >= 0.6 is 11.3 Å². The Morgan fingerprint density at radius 3 is 2.55 bits per heavy atom. The summed E-state index contributed by atoms with van der Waals surface area (Å²) in [5, 5.41) is 13.5. The summed E-state index contributed by atoms with van der Waals surface area (Å²) >= 11 is 1.51. The molecule has 0 saturated carbocycles. The van der Waals surface area contributed by atoms with Gasteiger partial charge in [0, 0.05) is 15.8 Å². The van der Waals surface area contributed by atoms with Crippen LogP contribution in [0.5, 0.6) is 0 Å². The molecule has 0 aliphatic carbocycles. The lowest BCUT2D eigenvalue weighted by Crippen LogP contribution is -2.37. The maximum absolute atomic E-state index is 12.3. The average molecular weight is 317 g/mol. The first-order valence-electron chi connectivity index (χ1n) is 6.41. The van der Waals surface area contributed by atoms with E-state index in [0.717, 1.165) is 4.88 Å². The summed E-state index contributed by atoms with van der Waals surface area (Å²) in [6.45, 7) is 9.94. The molecule has 1 aromatic rings. The number of nitrogens with two attached hydrogens (primary N) is 1. The highest BCUT2D eigenvalue weighted by atomic mass is 32.2. The fraction of sp³-hybridized carbons (Fsp3) is 0.615. The van der Waals surface area contributed by atoms with Crippen LogP contribution in [0.3, 0.4) is 0 Å². The third-order valence-electron chi connectivity index (χ3n) is 2.79. The topological polar surface area (TPSA) is 87.7 Å². The summed E-state index contributed by atoms with van der Waals surface area (Å²) in [7, 11) is -1.15. The van der Waals surface area contributed by atoms with Gasteiger partial charge in [-0.3, -0.25) is 0 Å². The Morgan fingerprint density at radius 2 is 2.10 bits per heavy atom. The molecular weight excluding hydrogens is 294 g/mol. The first kappa shape index (κ1) is 17.1. The number of oxime groups is 1. The van der Waals surface area contributed by atoms with Gasteiger partial charge >= 0.3 is 0 Å². The van der Waals surface area contributed by atoms with Gasteiger partial charge in [-0.1, -0.05) is 19.0 Å². The zero-order valence-corrected chi connectivity index (χ0v) is 14.1. The first-order chi connectivity index (χ1) is 9.16. The van der Waals surface area contributed by atoms with Crippen LogP contribution in [0, 0.1) is 5.92 Å². The van der Waals surface area contributed by atoms with Crippen molar-refractivity contribution in [2.75, 3.05) is 0 Å². The number of nitrogens with one attached hydrogen (secondary N) is 1. The van der Waals surface area contributed by atoms with Crippen LogP contribution in [0.2, 0.25) is 0 Å². The van der Waals surface area contributed by atoms with Gasteiger partial charge in [-0.15, -0.1) is 11.3 Å². The van der Waals surface area contributed by atoms with Gasteiger partial charge in [0.05, 0.1) is 21.8 Å². The lowest BCUT2D eigenvalue weighted by atomic mass is 10.0. The molecular formula is C13H23N3O2S2. The lowest BCUT2D eigenvalue weighted by Gasteiger charge is -2.26. The first-order valence-corrected chi connectivity index (χ1v) is 8.44. The third kappa shape index (κ3) is 4.29. The minimum absolute atomic E-state index is 0.0275. The molecule has 0 aliphatic rings. The molecule has 0 unspecified atom stereocenters. The number of nitrogens with zero attached hydrogens (tertiary/aromatic N) is 1. The second-order valence-electron chi connectivity index (χ2n) is 5.94. The van der Waals surface area contributed by atoms with Gasteiger partial charge in [-0.25, -0.2) is 8.93 Å². The van der Waals surface area contributed by atoms with E-state index in [9.17, 15) is 4.21 Å². The minimum Gasteiger partial charge on any atom is -0.409 e. The van der Waals surface area contributed by atoms with E-state index in [1.807, 2.05) is 32.2 Å². The van der Waals surface area contributed by atoms with Crippen LogP contribution in [0.4, 0.5) is 0 Å². The van der Waals surface area contributed by atoms with Crippen molar-refractivity contribution in [3.05, 3.63) is 21.9 Å². The molecule has 0 saturated heterocycles. The van der Waals surface area contributed by atoms with E-state index in [0.29, 0.717) is 5.56 Å². The van der Waals surface area contributed by atoms with Gasteiger partial charge in [-0.2, -0.15) is 0 Å². The molecule has 0 radical (unpaired) electrons. The Hall–Kier alpha value is -0.920. The third-order valence-corrected chi connectivity index (χ3v) is 5.38. The van der Waals surface area contributed by atoms with E-state index < -0.39 is 11.0 Å². The van der Waals surface area contributed by atoms with Crippen LogP contribution in [0.25, 0.3) is 0 Å². The second-order valence-corrected chi connectivity index (χ2v) is 8.88. The molecule has 1 heterocycles. The van der Waals surface area contributed by atoms with Gasteiger partial charge in [0.15, 0.2) is 5.84 Å². The Balaban J connectivity index is 2.98. The van der Waals surface area contributed by atoms with Gasteiger partial charge < -0.3 is 10.9 Å². The summed E-state index contributed by atoms with van der Waals surface area (Å²) in [5.41, 5.74) is 6.26. The van der Waals surface area contributed by atoms with Crippen LogP contribution in [0.15, 0.2) is 16.6 Å². The molecule has 2 atom stereocenters. The number of hydrogen-bond acceptors (Lipinski definition) is 4. The molecule has 20 heavy (non-hydrogen) atoms. The zero-order chi connectivity index (χ0) is 15.5. The molecule has 1 aromatic heterocycles. The van der Waals surface area contributed by atoms with Crippen molar-refractivity contribution in [3.63, 3.8) is 0 Å². The van der Waals surface area contributed by atoms with Crippen LogP contribution in [0.1, 0.15) is 51.1 Å². The number of thiophene rings is 1. The maximum Gasteiger partial charge on any atom is 0.170 e. The van der Waals surface area contributed by atoms with Crippen molar-refractivity contribution in [3.8, 4) is 0 Å². The number of rotatable bonds is 5. The Labute approximate surface area is 126 Å². The van der Waals surface area contributed by atoms with Gasteiger partial charge in [0.2, 0.25) is 0 Å². The predicted molar refractivity (Wildman–Crippen MR) is 85.4 cm³/mol. The standard InChI is InChI=1S/C13H23N3O2S2/c1-8(2)11(16-20(18)13(3,4)5)10-6-9(7-19-10)12(14)15-17/h6-8,11,16-17H,1-5H3,(H2,14,15)/t11-,20+/m1/s1. The Bertz CT molecular complexity index is 504. The van der Waals surface area contributed by atoms with E-state index in [4.69, 9.17) is 10.9 Å². The molecule has 0 amide bonds. The maximum atomic E-state index is 12.3. The zero-order valence-electron chi connectivity index (χ0n) is 12.5. The minimum atomic E-state index is -1.15. The van der Waals surface area contributed by atoms with Crippen LogP contribution in [-0.4, -0.2) is 20.0 Å². The smallest absolute Gasteiger partial charge is 0.170 e. The van der Waals surface area contributed by atoms with Crippen LogP contribution in [-0.2, 0) is 11.0 Å². The molecule has 1 rings (SSSR count). The van der Waals surface area contributed by atoms with Crippen molar-refractivity contribution in [1.29, 1.82) is 0 Å². The van der Waals surface area contributed by atoms with E-state index in [-0.39, 0.29) is 22.5 Å². The molecule has 0 bridgehead atoms. The quantitative estimate of drug-likeness (QED) is 0.337. The second kappa shape index (κ2) is 6.69. The van der Waals surface area contributed by atoms with Crippen molar-refractivity contribution in [2.45, 2.75) is 45.4 Å². The largest absolute Gasteiger partial charge is 0.409 e. The molecule has 114 valence electrons. The molecule has 7 heteroatoms. The van der Waals surface area contributed by atoms with Crippen molar-refractivity contribution >= 4 is 28.2 Å². The highest BCUT2D eigenvalue weighted by molar-refractivity contribution is 7.84. The summed E-state index contributed by atoms with van der Waals surface area (Å²) < 4.78 is 15.1. The van der Waals surface area contributed by atoms with Gasteiger partial charge in [-0.05, 0) is 32.8 Å². The van der Waals surface area contributed by atoms with Crippen molar-refractivity contribution < 1.29 is 9.42 Å². The van der Waals surface area contributed by atoms with Gasteiger partial charge in [0.1, 0.15) is 0 Å². The molecule has 0 aromatic carbocycles. The van der Waals surface area contributed by atoms with Crippen LogP contribution < -0.4 is 10.5 Å². The summed E-state index contributed by atoms with van der Waals surface area (Å²) in [4.78, 5) is 1.03. The van der Waals surface area contributed by atoms with E-state index in [1.54, 1.807) is 0 Å². The molecule has 0 fully saturated rings. The van der Waals surface area contributed by atoms with Crippen molar-refractivity contribution in [2.24, 2.45) is 16.8 Å². The lowest BCUT2D eigenvalue weighted by molar-refractivity contribution is 0.318.